The zero-order chi connectivity index (χ0) is 17.8. The molecule has 4 heterocycles. The molecule has 8 heteroatoms. The number of aromatic nitrogens is 2. The fourth-order valence-electron chi connectivity index (χ4n) is 3.10. The molecule has 4 rings (SSSR count). The minimum Gasteiger partial charge on any atom is -0.491 e. The molecule has 1 N–H and O–H groups in total. The van der Waals surface area contributed by atoms with E-state index in [9.17, 15) is 0 Å². The molecule has 0 amide bonds. The Balaban J connectivity index is 1.35. The average Bonchev–Trinajstić information content (AvgIpc) is 2.73. The summed E-state index contributed by atoms with van der Waals surface area (Å²) >= 11 is 5.52. The number of anilines is 1. The van der Waals surface area contributed by atoms with E-state index in [2.05, 4.69) is 36.4 Å². The van der Waals surface area contributed by atoms with E-state index in [0.717, 1.165) is 49.0 Å². The number of nitrogens with one attached hydrogen (secondary N) is 1. The number of fused-ring (bicyclic) bond motifs is 1. The number of thiocarbonyl (C=S) groups is 1. The maximum absolute atomic E-state index is 5.61. The molecule has 134 valence electrons. The van der Waals surface area contributed by atoms with Crippen molar-refractivity contribution in [1.82, 2.24) is 20.3 Å². The van der Waals surface area contributed by atoms with Crippen LogP contribution in [0, 0.1) is 0 Å². The molecule has 2 aromatic heterocycles. The fourth-order valence-corrected chi connectivity index (χ4v) is 3.33. The van der Waals surface area contributed by atoms with Crippen molar-refractivity contribution in [2.75, 3.05) is 37.7 Å². The van der Waals surface area contributed by atoms with Crippen molar-refractivity contribution < 1.29 is 4.74 Å². The van der Waals surface area contributed by atoms with Crippen molar-refractivity contribution >= 4 is 28.7 Å². The summed E-state index contributed by atoms with van der Waals surface area (Å²) in [6.45, 7) is 4.12. The highest BCUT2D eigenvalue weighted by Crippen LogP contribution is 2.22. The molecule has 2 aliphatic rings. The third-order valence-corrected chi connectivity index (χ3v) is 4.85. The first-order valence-corrected chi connectivity index (χ1v) is 9.07. The van der Waals surface area contributed by atoms with Crippen LogP contribution in [-0.2, 0) is 0 Å². The quantitative estimate of drug-likeness (QED) is 0.639. The molecule has 0 unspecified atom stereocenters. The Hall–Kier alpha value is -2.74. The van der Waals surface area contributed by atoms with Crippen LogP contribution in [0.4, 0.5) is 5.69 Å². The highest BCUT2D eigenvalue weighted by molar-refractivity contribution is 7.80. The predicted molar refractivity (Wildman–Crippen MR) is 105 cm³/mol. The van der Waals surface area contributed by atoms with E-state index in [-0.39, 0.29) is 0 Å². The highest BCUT2D eigenvalue weighted by Gasteiger charge is 2.21. The number of hydrazone groups is 1. The van der Waals surface area contributed by atoms with Gasteiger partial charge in [-0.1, -0.05) is 0 Å². The molecular weight excluding hydrogens is 348 g/mol. The van der Waals surface area contributed by atoms with Crippen LogP contribution >= 0.6 is 12.2 Å². The van der Waals surface area contributed by atoms with Crippen LogP contribution in [-0.4, -0.2) is 58.5 Å². The van der Waals surface area contributed by atoms with Crippen molar-refractivity contribution in [1.29, 1.82) is 0 Å². The van der Waals surface area contributed by atoms with Crippen LogP contribution in [0.1, 0.15) is 12.1 Å². The monoisotopic (exact) mass is 368 g/mol. The molecule has 2 aliphatic heterocycles. The highest BCUT2D eigenvalue weighted by atomic mass is 32.1. The van der Waals surface area contributed by atoms with Crippen LogP contribution in [0.5, 0.6) is 5.75 Å². The molecule has 26 heavy (non-hydrogen) atoms. The van der Waals surface area contributed by atoms with Gasteiger partial charge in [0.2, 0.25) is 0 Å². The number of nitrogens with zero attached hydrogens (tertiary/aromatic N) is 5. The predicted octanol–water partition coefficient (Wildman–Crippen LogP) is 1.66. The maximum atomic E-state index is 5.61. The first kappa shape index (κ1) is 16.7. The van der Waals surface area contributed by atoms with Crippen LogP contribution in [0.25, 0.3) is 0 Å². The van der Waals surface area contributed by atoms with Crippen molar-refractivity contribution in [3.05, 3.63) is 48.5 Å². The van der Waals surface area contributed by atoms with E-state index in [1.54, 1.807) is 12.4 Å². The van der Waals surface area contributed by atoms with Gasteiger partial charge in [-0.3, -0.25) is 15.4 Å². The second kappa shape index (κ2) is 7.65. The van der Waals surface area contributed by atoms with E-state index in [4.69, 9.17) is 17.0 Å². The van der Waals surface area contributed by atoms with Gasteiger partial charge in [0, 0.05) is 45.0 Å². The van der Waals surface area contributed by atoms with E-state index >= 15 is 0 Å². The van der Waals surface area contributed by atoms with Gasteiger partial charge < -0.3 is 14.5 Å². The van der Waals surface area contributed by atoms with Gasteiger partial charge in [-0.2, -0.15) is 5.10 Å². The van der Waals surface area contributed by atoms with Gasteiger partial charge >= 0.3 is 0 Å². The zero-order valence-corrected chi connectivity index (χ0v) is 15.2. The summed E-state index contributed by atoms with van der Waals surface area (Å²) in [5.41, 5.74) is 5.85. The molecule has 0 aromatic carbocycles. The molecule has 1 saturated heterocycles. The second-order valence-corrected chi connectivity index (χ2v) is 6.50. The Morgan fingerprint density at radius 2 is 2.00 bits per heavy atom. The summed E-state index contributed by atoms with van der Waals surface area (Å²) in [4.78, 5) is 13.0. The molecule has 0 radical (unpaired) electrons. The van der Waals surface area contributed by atoms with Gasteiger partial charge in [-0.15, -0.1) is 0 Å². The number of rotatable bonds is 2. The molecule has 7 nitrogen and oxygen atoms in total. The van der Waals surface area contributed by atoms with E-state index < -0.39 is 0 Å². The van der Waals surface area contributed by atoms with Gasteiger partial charge in [-0.05, 0) is 36.5 Å². The molecule has 0 atom stereocenters. The minimum absolute atomic E-state index is 0.607. The largest absolute Gasteiger partial charge is 0.491 e. The number of hydrogen-bond acceptors (Lipinski definition) is 6. The summed E-state index contributed by atoms with van der Waals surface area (Å²) < 4.78 is 5.61. The van der Waals surface area contributed by atoms with Crippen LogP contribution in [0.2, 0.25) is 0 Å². The van der Waals surface area contributed by atoms with E-state index in [1.807, 2.05) is 24.4 Å². The van der Waals surface area contributed by atoms with Crippen molar-refractivity contribution in [2.45, 2.75) is 6.42 Å². The lowest BCUT2D eigenvalue weighted by Crippen LogP contribution is -2.51. The third-order valence-electron chi connectivity index (χ3n) is 4.50. The molecule has 0 bridgehead atoms. The van der Waals surface area contributed by atoms with Crippen molar-refractivity contribution in [3.8, 4) is 5.75 Å². The number of ether oxygens (including phenoxy) is 1. The Bertz CT molecular complexity index is 804. The number of pyridine rings is 2. The summed E-state index contributed by atoms with van der Waals surface area (Å²) in [6.07, 6.45) is 6.16. The van der Waals surface area contributed by atoms with Gasteiger partial charge in [-0.25, -0.2) is 0 Å². The molecule has 0 aliphatic carbocycles. The summed E-state index contributed by atoms with van der Waals surface area (Å²) in [7, 11) is 0. The van der Waals surface area contributed by atoms with Crippen LogP contribution < -0.4 is 15.1 Å². The zero-order valence-electron chi connectivity index (χ0n) is 14.3. The normalized spacial score (nSPS) is 18.2. The van der Waals surface area contributed by atoms with Gasteiger partial charge in [0.1, 0.15) is 11.4 Å². The van der Waals surface area contributed by atoms with Crippen LogP contribution in [0.15, 0.2) is 48.0 Å². The third kappa shape index (κ3) is 3.60. The van der Waals surface area contributed by atoms with Gasteiger partial charge in [0.25, 0.3) is 0 Å². The van der Waals surface area contributed by atoms with E-state index in [1.165, 1.54) is 0 Å². The number of hydrogen-bond donors (Lipinski definition) is 1. The molecule has 2 aromatic rings. The first-order chi connectivity index (χ1) is 12.8. The lowest BCUT2D eigenvalue weighted by molar-refractivity contribution is 0.318. The fraction of sp³-hybridized carbons (Fsp3) is 0.333. The second-order valence-electron chi connectivity index (χ2n) is 6.11. The summed E-state index contributed by atoms with van der Waals surface area (Å²) in [6, 6.07) is 7.82. The van der Waals surface area contributed by atoms with Gasteiger partial charge in [0.05, 0.1) is 24.2 Å². The Morgan fingerprint density at radius 3 is 2.81 bits per heavy atom. The smallest absolute Gasteiger partial charge is 0.189 e. The Labute approximate surface area is 157 Å². The molecule has 0 spiro atoms. The van der Waals surface area contributed by atoms with Crippen molar-refractivity contribution in [2.24, 2.45) is 5.10 Å². The van der Waals surface area contributed by atoms with Gasteiger partial charge in [0.15, 0.2) is 5.11 Å². The topological polar surface area (TPSA) is 65.9 Å². The number of piperazine rings is 1. The summed E-state index contributed by atoms with van der Waals surface area (Å²) in [5, 5.41) is 5.14. The standard InChI is InChI=1S/C18H20N6OS/c26-18(22-21-15-5-12-25-16-4-2-7-20-17(15)16)24-10-8-23(9-11-24)14-3-1-6-19-13-14/h1-4,6-7,13H,5,8-12H2,(H,22,26)/b21-15-. The Kier molecular flexibility index (Phi) is 4.92. The lowest BCUT2D eigenvalue weighted by atomic mass is 10.1. The Morgan fingerprint density at radius 1 is 1.15 bits per heavy atom. The SMILES string of the molecule is S=C(N/N=C1/CCOc2cccnc21)N1CCN(c2cccnc2)CC1. The van der Waals surface area contributed by atoms with Crippen molar-refractivity contribution in [3.63, 3.8) is 0 Å². The summed E-state index contributed by atoms with van der Waals surface area (Å²) in [5.74, 6) is 0.773. The molecular formula is C18H20N6OS. The lowest BCUT2D eigenvalue weighted by Gasteiger charge is -2.36. The maximum Gasteiger partial charge on any atom is 0.189 e. The first-order valence-electron chi connectivity index (χ1n) is 8.66. The molecule has 0 saturated carbocycles. The van der Waals surface area contributed by atoms with E-state index in [0.29, 0.717) is 18.1 Å². The molecule has 1 fully saturated rings. The van der Waals surface area contributed by atoms with Crippen LogP contribution in [0.3, 0.4) is 0 Å². The average molecular weight is 368 g/mol. The minimum atomic E-state index is 0.607.